The van der Waals surface area contributed by atoms with Crippen LogP contribution >= 0.6 is 0 Å². The zero-order valence-electron chi connectivity index (χ0n) is 11.3. The number of carbonyl (C=O) groups is 1. The zero-order chi connectivity index (χ0) is 13.7. The van der Waals surface area contributed by atoms with Crippen LogP contribution in [0, 0.1) is 18.7 Å². The van der Waals surface area contributed by atoms with Gasteiger partial charge in [0.2, 0.25) is 0 Å². The summed E-state index contributed by atoms with van der Waals surface area (Å²) in [7, 11) is 1.31. The van der Waals surface area contributed by atoms with Crippen molar-refractivity contribution in [3.8, 4) is 0 Å². The molecule has 0 aromatic heterocycles. The van der Waals surface area contributed by atoms with Crippen LogP contribution in [0.4, 0.5) is 4.39 Å². The maximum Gasteiger partial charge on any atom is 0.327 e. The molecule has 0 saturated heterocycles. The van der Waals surface area contributed by atoms with E-state index in [-0.39, 0.29) is 0 Å². The highest BCUT2D eigenvalue weighted by Crippen LogP contribution is 2.20. The molecule has 100 valence electrons. The number of benzene rings is 1. The van der Waals surface area contributed by atoms with Crippen LogP contribution in [-0.2, 0) is 9.53 Å². The number of aryl methyl sites for hydroxylation is 1. The highest BCUT2D eigenvalue weighted by molar-refractivity contribution is 5.77. The maximum atomic E-state index is 13.8. The zero-order valence-corrected chi connectivity index (χ0v) is 11.3. The van der Waals surface area contributed by atoms with E-state index >= 15 is 0 Å². The fraction of sp³-hybridized carbons (Fsp3) is 0.500. The summed E-state index contributed by atoms with van der Waals surface area (Å²) in [6.45, 7) is 6.52. The fourth-order valence-corrected chi connectivity index (χ4v) is 1.68. The van der Waals surface area contributed by atoms with Crippen molar-refractivity contribution in [2.45, 2.75) is 26.8 Å². The van der Waals surface area contributed by atoms with Gasteiger partial charge in [-0.2, -0.15) is 0 Å². The molecule has 18 heavy (non-hydrogen) atoms. The lowest BCUT2D eigenvalue weighted by Gasteiger charge is -2.19. The van der Waals surface area contributed by atoms with Crippen molar-refractivity contribution in [2.75, 3.05) is 13.7 Å². The van der Waals surface area contributed by atoms with Crippen molar-refractivity contribution in [1.29, 1.82) is 0 Å². The maximum absolute atomic E-state index is 13.8. The highest BCUT2D eigenvalue weighted by Gasteiger charge is 2.24. The molecule has 0 fully saturated rings. The Kier molecular flexibility index (Phi) is 5.28. The Labute approximate surface area is 107 Å². The molecule has 1 N–H and O–H groups in total. The van der Waals surface area contributed by atoms with E-state index in [1.54, 1.807) is 12.1 Å². The second-order valence-electron chi connectivity index (χ2n) is 4.78. The molecular formula is C14H20FNO2. The summed E-state index contributed by atoms with van der Waals surface area (Å²) in [5.41, 5.74) is 1.24. The standard InChI is InChI=1S/C14H20FNO2/c1-9(2)8-16-13(14(17)18-4)11-7-10(3)5-6-12(11)15/h5-7,9,13,16H,8H2,1-4H3. The molecule has 0 amide bonds. The Bertz CT molecular complexity index is 418. The van der Waals surface area contributed by atoms with Gasteiger partial charge < -0.3 is 10.1 Å². The molecule has 4 heteroatoms. The first-order valence-electron chi connectivity index (χ1n) is 6.03. The molecule has 1 aromatic carbocycles. The fourth-order valence-electron chi connectivity index (χ4n) is 1.68. The smallest absolute Gasteiger partial charge is 0.327 e. The highest BCUT2D eigenvalue weighted by atomic mass is 19.1. The lowest BCUT2D eigenvalue weighted by atomic mass is 10.0. The second kappa shape index (κ2) is 6.50. The first-order valence-corrected chi connectivity index (χ1v) is 6.03. The number of halogens is 1. The summed E-state index contributed by atoms with van der Waals surface area (Å²) in [4.78, 5) is 11.7. The van der Waals surface area contributed by atoms with Crippen molar-refractivity contribution >= 4 is 5.97 Å². The average Bonchev–Trinajstić information content (AvgIpc) is 2.32. The summed E-state index contributed by atoms with van der Waals surface area (Å²) in [5, 5.41) is 3.04. The van der Waals surface area contributed by atoms with Crippen LogP contribution < -0.4 is 5.32 Å². The Hall–Kier alpha value is -1.42. The molecule has 3 nitrogen and oxygen atoms in total. The molecular weight excluding hydrogens is 233 g/mol. The van der Waals surface area contributed by atoms with E-state index in [1.807, 2.05) is 20.8 Å². The van der Waals surface area contributed by atoms with Crippen LogP contribution in [0.3, 0.4) is 0 Å². The topological polar surface area (TPSA) is 38.3 Å². The molecule has 0 aliphatic rings. The molecule has 0 aliphatic carbocycles. The third-order valence-corrected chi connectivity index (χ3v) is 2.63. The van der Waals surface area contributed by atoms with Gasteiger partial charge in [-0.25, -0.2) is 9.18 Å². The summed E-state index contributed by atoms with van der Waals surface area (Å²) in [6.07, 6.45) is 0. The van der Waals surface area contributed by atoms with Crippen molar-refractivity contribution in [3.63, 3.8) is 0 Å². The molecule has 0 heterocycles. The lowest BCUT2D eigenvalue weighted by Crippen LogP contribution is -2.33. The molecule has 1 unspecified atom stereocenters. The average molecular weight is 253 g/mol. The number of methoxy groups -OCH3 is 1. The molecule has 0 spiro atoms. The molecule has 1 atom stereocenters. The van der Waals surface area contributed by atoms with Crippen LogP contribution in [0.25, 0.3) is 0 Å². The SMILES string of the molecule is COC(=O)C(NCC(C)C)c1cc(C)ccc1F. The van der Waals surface area contributed by atoms with Gasteiger partial charge in [0.05, 0.1) is 7.11 Å². The third-order valence-electron chi connectivity index (χ3n) is 2.63. The quantitative estimate of drug-likeness (QED) is 0.820. The lowest BCUT2D eigenvalue weighted by molar-refractivity contribution is -0.143. The van der Waals surface area contributed by atoms with E-state index in [9.17, 15) is 9.18 Å². The van der Waals surface area contributed by atoms with Crippen molar-refractivity contribution in [3.05, 3.63) is 35.1 Å². The number of hydrogen-bond acceptors (Lipinski definition) is 3. The minimum atomic E-state index is -0.753. The summed E-state index contributed by atoms with van der Waals surface area (Å²) >= 11 is 0. The van der Waals surface area contributed by atoms with Crippen LogP contribution in [0.1, 0.15) is 31.0 Å². The van der Waals surface area contributed by atoms with Gasteiger partial charge in [0.1, 0.15) is 11.9 Å². The largest absolute Gasteiger partial charge is 0.468 e. The molecule has 0 aliphatic heterocycles. The van der Waals surface area contributed by atoms with Gasteiger partial charge in [0.15, 0.2) is 0 Å². The summed E-state index contributed by atoms with van der Waals surface area (Å²) < 4.78 is 18.5. The Morgan fingerprint density at radius 2 is 2.11 bits per heavy atom. The predicted molar refractivity (Wildman–Crippen MR) is 68.7 cm³/mol. The van der Waals surface area contributed by atoms with Crippen molar-refractivity contribution < 1.29 is 13.9 Å². The molecule has 1 rings (SSSR count). The monoisotopic (exact) mass is 253 g/mol. The van der Waals surface area contributed by atoms with E-state index in [0.29, 0.717) is 18.0 Å². The normalized spacial score (nSPS) is 12.6. The first kappa shape index (κ1) is 14.6. The van der Waals surface area contributed by atoms with E-state index in [4.69, 9.17) is 4.74 Å². The van der Waals surface area contributed by atoms with E-state index in [2.05, 4.69) is 5.32 Å². The molecule has 0 bridgehead atoms. The Morgan fingerprint density at radius 3 is 2.67 bits per heavy atom. The van der Waals surface area contributed by atoms with Crippen molar-refractivity contribution in [1.82, 2.24) is 5.32 Å². The minimum Gasteiger partial charge on any atom is -0.468 e. The Balaban J connectivity index is 3.01. The van der Waals surface area contributed by atoms with E-state index in [0.717, 1.165) is 5.56 Å². The Morgan fingerprint density at radius 1 is 1.44 bits per heavy atom. The van der Waals surface area contributed by atoms with Crippen LogP contribution in [0.2, 0.25) is 0 Å². The molecule has 1 aromatic rings. The van der Waals surface area contributed by atoms with Gasteiger partial charge in [-0.1, -0.05) is 31.5 Å². The number of esters is 1. The van der Waals surface area contributed by atoms with Crippen LogP contribution in [0.5, 0.6) is 0 Å². The van der Waals surface area contributed by atoms with Gasteiger partial charge >= 0.3 is 5.97 Å². The van der Waals surface area contributed by atoms with Gasteiger partial charge in [-0.05, 0) is 25.5 Å². The van der Waals surface area contributed by atoms with Gasteiger partial charge in [-0.15, -0.1) is 0 Å². The number of hydrogen-bond donors (Lipinski definition) is 1. The third kappa shape index (κ3) is 3.81. The van der Waals surface area contributed by atoms with E-state index in [1.165, 1.54) is 13.2 Å². The number of carbonyl (C=O) groups excluding carboxylic acids is 1. The van der Waals surface area contributed by atoms with Gasteiger partial charge in [0, 0.05) is 5.56 Å². The van der Waals surface area contributed by atoms with Gasteiger partial charge in [0.25, 0.3) is 0 Å². The van der Waals surface area contributed by atoms with Gasteiger partial charge in [-0.3, -0.25) is 0 Å². The number of nitrogens with one attached hydrogen (secondary N) is 1. The number of rotatable bonds is 5. The van der Waals surface area contributed by atoms with Crippen LogP contribution in [-0.4, -0.2) is 19.6 Å². The van der Waals surface area contributed by atoms with E-state index < -0.39 is 17.8 Å². The second-order valence-corrected chi connectivity index (χ2v) is 4.78. The summed E-state index contributed by atoms with van der Waals surface area (Å²) in [5.74, 6) is -0.502. The summed E-state index contributed by atoms with van der Waals surface area (Å²) in [6, 6.07) is 3.97. The van der Waals surface area contributed by atoms with Crippen molar-refractivity contribution in [2.24, 2.45) is 5.92 Å². The van der Waals surface area contributed by atoms with Crippen LogP contribution in [0.15, 0.2) is 18.2 Å². The minimum absolute atomic E-state index is 0.336. The molecule has 0 radical (unpaired) electrons. The predicted octanol–water partition coefficient (Wildman–Crippen LogP) is 2.59. The number of ether oxygens (including phenoxy) is 1. The molecule has 0 saturated carbocycles. The first-order chi connectivity index (χ1) is 8.45.